The summed E-state index contributed by atoms with van der Waals surface area (Å²) >= 11 is 0. The van der Waals surface area contributed by atoms with E-state index in [0.717, 1.165) is 11.6 Å². The number of hydrogen-bond acceptors (Lipinski definition) is 2. The number of halogens is 3. The number of esters is 1. The molecule has 0 amide bonds. The van der Waals surface area contributed by atoms with Gasteiger partial charge in [0, 0.05) is 0 Å². The highest BCUT2D eigenvalue weighted by molar-refractivity contribution is 5.72. The van der Waals surface area contributed by atoms with E-state index in [2.05, 4.69) is 0 Å². The van der Waals surface area contributed by atoms with Gasteiger partial charge >= 0.3 is 12.1 Å². The van der Waals surface area contributed by atoms with Crippen LogP contribution in [-0.2, 0) is 28.7 Å². The number of carbonyl (C=O) groups excluding carboxylic acids is 1. The van der Waals surface area contributed by atoms with Crippen LogP contribution in [0.25, 0.3) is 0 Å². The molecule has 0 saturated heterocycles. The average molecular weight is 308 g/mol. The van der Waals surface area contributed by atoms with Crippen LogP contribution in [0.15, 0.2) is 48.5 Å². The van der Waals surface area contributed by atoms with Crippen LogP contribution in [0.4, 0.5) is 13.2 Å². The van der Waals surface area contributed by atoms with Crippen LogP contribution in [-0.4, -0.2) is 5.97 Å². The van der Waals surface area contributed by atoms with E-state index in [1.54, 1.807) is 0 Å². The summed E-state index contributed by atoms with van der Waals surface area (Å²) in [4.78, 5) is 11.7. The minimum Gasteiger partial charge on any atom is -0.461 e. The maximum atomic E-state index is 12.7. The van der Waals surface area contributed by atoms with Crippen LogP contribution in [0.2, 0.25) is 0 Å². The Morgan fingerprint density at radius 2 is 1.73 bits per heavy atom. The molecule has 0 aliphatic carbocycles. The molecule has 22 heavy (non-hydrogen) atoms. The van der Waals surface area contributed by atoms with Crippen LogP contribution in [0.5, 0.6) is 0 Å². The van der Waals surface area contributed by atoms with E-state index in [0.29, 0.717) is 5.56 Å². The van der Waals surface area contributed by atoms with Crippen molar-refractivity contribution in [3.8, 4) is 0 Å². The van der Waals surface area contributed by atoms with Gasteiger partial charge in [0.25, 0.3) is 0 Å². The standard InChI is InChI=1S/C17H15F3O2/c1-12-9-14(7-8-15(12)17(18,19)20)10-16(21)22-11-13-5-3-2-4-6-13/h2-9H,10-11H2,1H3. The molecule has 0 unspecified atom stereocenters. The minimum absolute atomic E-state index is 0.0498. The summed E-state index contributed by atoms with van der Waals surface area (Å²) in [6.07, 6.45) is -4.43. The highest BCUT2D eigenvalue weighted by atomic mass is 19.4. The first-order valence-corrected chi connectivity index (χ1v) is 6.72. The molecule has 0 atom stereocenters. The van der Waals surface area contributed by atoms with Crippen LogP contribution in [0, 0.1) is 6.92 Å². The summed E-state index contributed by atoms with van der Waals surface area (Å²) in [6, 6.07) is 12.9. The molecule has 0 aliphatic rings. The normalized spacial score (nSPS) is 11.3. The van der Waals surface area contributed by atoms with Crippen LogP contribution < -0.4 is 0 Å². The summed E-state index contributed by atoms with van der Waals surface area (Å²) in [6.45, 7) is 1.53. The van der Waals surface area contributed by atoms with E-state index in [1.807, 2.05) is 30.3 Å². The van der Waals surface area contributed by atoms with E-state index >= 15 is 0 Å². The molecule has 0 saturated carbocycles. The lowest BCUT2D eigenvalue weighted by molar-refractivity contribution is -0.144. The second-order valence-corrected chi connectivity index (χ2v) is 4.97. The highest BCUT2D eigenvalue weighted by Crippen LogP contribution is 2.32. The van der Waals surface area contributed by atoms with Crippen molar-refractivity contribution in [1.29, 1.82) is 0 Å². The van der Waals surface area contributed by atoms with Gasteiger partial charge in [-0.25, -0.2) is 0 Å². The Labute approximate surface area is 126 Å². The quantitative estimate of drug-likeness (QED) is 0.787. The maximum Gasteiger partial charge on any atom is 0.416 e. The van der Waals surface area contributed by atoms with Crippen molar-refractivity contribution in [1.82, 2.24) is 0 Å². The van der Waals surface area contributed by atoms with Gasteiger partial charge in [0.05, 0.1) is 12.0 Å². The van der Waals surface area contributed by atoms with Gasteiger partial charge in [-0.3, -0.25) is 4.79 Å². The molecule has 0 radical (unpaired) electrons. The Kier molecular flexibility index (Phi) is 4.85. The first kappa shape index (κ1) is 16.1. The van der Waals surface area contributed by atoms with Crippen molar-refractivity contribution in [3.05, 3.63) is 70.8 Å². The number of carbonyl (C=O) groups is 1. The van der Waals surface area contributed by atoms with Gasteiger partial charge in [-0.1, -0.05) is 42.5 Å². The van der Waals surface area contributed by atoms with Gasteiger partial charge < -0.3 is 4.74 Å². The fraction of sp³-hybridized carbons (Fsp3) is 0.235. The monoisotopic (exact) mass is 308 g/mol. The lowest BCUT2D eigenvalue weighted by atomic mass is 10.0. The van der Waals surface area contributed by atoms with Gasteiger partial charge in [0.2, 0.25) is 0 Å². The van der Waals surface area contributed by atoms with Crippen LogP contribution in [0.1, 0.15) is 22.3 Å². The van der Waals surface area contributed by atoms with Crippen LogP contribution in [0.3, 0.4) is 0 Å². The minimum atomic E-state index is -4.38. The molecule has 2 aromatic rings. The molecule has 0 spiro atoms. The van der Waals surface area contributed by atoms with Crippen molar-refractivity contribution in [2.24, 2.45) is 0 Å². The smallest absolute Gasteiger partial charge is 0.416 e. The average Bonchev–Trinajstić information content (AvgIpc) is 2.45. The number of ether oxygens (including phenoxy) is 1. The van der Waals surface area contributed by atoms with E-state index in [1.165, 1.54) is 19.1 Å². The predicted octanol–water partition coefficient (Wildman–Crippen LogP) is 4.30. The second-order valence-electron chi connectivity index (χ2n) is 4.97. The molecule has 0 aliphatic heterocycles. The van der Waals surface area contributed by atoms with Gasteiger partial charge in [-0.2, -0.15) is 13.2 Å². The molecule has 5 heteroatoms. The third-order valence-electron chi connectivity index (χ3n) is 3.19. The van der Waals surface area contributed by atoms with E-state index < -0.39 is 17.7 Å². The fourth-order valence-corrected chi connectivity index (χ4v) is 2.11. The summed E-state index contributed by atoms with van der Waals surface area (Å²) in [7, 11) is 0. The Hall–Kier alpha value is -2.30. The number of rotatable bonds is 4. The Balaban J connectivity index is 1.96. The summed E-state index contributed by atoms with van der Waals surface area (Å²) in [5.41, 5.74) is 0.776. The first-order chi connectivity index (χ1) is 10.4. The largest absolute Gasteiger partial charge is 0.461 e. The van der Waals surface area contributed by atoms with Crippen molar-refractivity contribution < 1.29 is 22.7 Å². The van der Waals surface area contributed by atoms with Gasteiger partial charge in [0.1, 0.15) is 6.61 Å². The number of benzene rings is 2. The Morgan fingerprint density at radius 3 is 2.32 bits per heavy atom. The van der Waals surface area contributed by atoms with Crippen molar-refractivity contribution in [2.45, 2.75) is 26.1 Å². The molecular formula is C17H15F3O2. The first-order valence-electron chi connectivity index (χ1n) is 6.72. The zero-order valence-corrected chi connectivity index (χ0v) is 12.0. The summed E-state index contributed by atoms with van der Waals surface area (Å²) in [5.74, 6) is -0.469. The zero-order chi connectivity index (χ0) is 16.2. The Morgan fingerprint density at radius 1 is 1.05 bits per heavy atom. The molecule has 2 nitrogen and oxygen atoms in total. The maximum absolute atomic E-state index is 12.7. The summed E-state index contributed by atoms with van der Waals surface area (Å²) < 4.78 is 43.1. The second kappa shape index (κ2) is 6.64. The van der Waals surface area contributed by atoms with Gasteiger partial charge in [-0.15, -0.1) is 0 Å². The van der Waals surface area contributed by atoms with E-state index in [4.69, 9.17) is 4.74 Å². The summed E-state index contributed by atoms with van der Waals surface area (Å²) in [5, 5.41) is 0. The predicted molar refractivity (Wildman–Crippen MR) is 76.1 cm³/mol. The highest BCUT2D eigenvalue weighted by Gasteiger charge is 2.32. The van der Waals surface area contributed by atoms with Gasteiger partial charge in [-0.05, 0) is 29.7 Å². The molecule has 116 valence electrons. The lowest BCUT2D eigenvalue weighted by Gasteiger charge is -2.11. The topological polar surface area (TPSA) is 26.3 Å². The molecule has 0 aromatic heterocycles. The third kappa shape index (κ3) is 4.35. The van der Waals surface area contributed by atoms with E-state index in [9.17, 15) is 18.0 Å². The SMILES string of the molecule is Cc1cc(CC(=O)OCc2ccccc2)ccc1C(F)(F)F. The molecule has 0 fully saturated rings. The molecule has 0 bridgehead atoms. The van der Waals surface area contributed by atoms with Crippen LogP contribution >= 0.6 is 0 Å². The fourth-order valence-electron chi connectivity index (χ4n) is 2.11. The van der Waals surface area contributed by atoms with Crippen molar-refractivity contribution >= 4 is 5.97 Å². The number of alkyl halides is 3. The van der Waals surface area contributed by atoms with Gasteiger partial charge in [0.15, 0.2) is 0 Å². The zero-order valence-electron chi connectivity index (χ0n) is 12.0. The van der Waals surface area contributed by atoms with E-state index in [-0.39, 0.29) is 18.6 Å². The molecule has 0 heterocycles. The Bertz CT molecular complexity index is 649. The van der Waals surface area contributed by atoms with Crippen molar-refractivity contribution in [3.63, 3.8) is 0 Å². The number of hydrogen-bond donors (Lipinski definition) is 0. The lowest BCUT2D eigenvalue weighted by Crippen LogP contribution is -2.10. The van der Waals surface area contributed by atoms with Crippen molar-refractivity contribution in [2.75, 3.05) is 0 Å². The third-order valence-corrected chi connectivity index (χ3v) is 3.19. The molecule has 2 aromatic carbocycles. The molecular weight excluding hydrogens is 293 g/mol. The molecule has 0 N–H and O–H groups in total. The molecule has 2 rings (SSSR count). The number of aryl methyl sites for hydroxylation is 1.